The number of ketones is 1. The number of hydrogen-bond acceptors (Lipinski definition) is 3. The lowest BCUT2D eigenvalue weighted by molar-refractivity contribution is -0.128. The number of benzene rings is 1. The molecule has 1 saturated carbocycles. The number of rotatable bonds is 2. The predicted octanol–water partition coefficient (Wildman–Crippen LogP) is 4.06. The summed E-state index contributed by atoms with van der Waals surface area (Å²) in [7, 11) is 0. The van der Waals surface area contributed by atoms with Crippen molar-refractivity contribution in [3.63, 3.8) is 0 Å². The zero-order valence-electron chi connectivity index (χ0n) is 14.4. The summed E-state index contributed by atoms with van der Waals surface area (Å²) >= 11 is 0. The zero-order valence-corrected chi connectivity index (χ0v) is 14.4. The SMILES string of the molecule is CC1(C)CC(=O)C2C(c3ccccc3)CN(c3ccccn3)C2C1. The largest absolute Gasteiger partial charge is 0.352 e. The van der Waals surface area contributed by atoms with Crippen LogP contribution in [0.25, 0.3) is 0 Å². The number of pyridine rings is 1. The van der Waals surface area contributed by atoms with E-state index < -0.39 is 0 Å². The number of aromatic nitrogens is 1. The molecular weight excluding hydrogens is 296 g/mol. The van der Waals surface area contributed by atoms with E-state index in [4.69, 9.17) is 0 Å². The van der Waals surface area contributed by atoms with Crippen LogP contribution in [0.4, 0.5) is 5.82 Å². The van der Waals surface area contributed by atoms with Gasteiger partial charge in [-0.25, -0.2) is 4.98 Å². The molecule has 1 saturated heterocycles. The first kappa shape index (κ1) is 15.4. The molecule has 3 unspecified atom stereocenters. The molecule has 124 valence electrons. The number of carbonyl (C=O) groups excluding carboxylic acids is 1. The standard InChI is InChI=1S/C21H24N2O/c1-21(2)12-17-20(18(24)13-21)16(15-8-4-3-5-9-15)14-23(17)19-10-6-7-11-22-19/h3-11,16-17,20H,12-14H2,1-2H3. The van der Waals surface area contributed by atoms with Gasteiger partial charge in [0.1, 0.15) is 11.6 Å². The van der Waals surface area contributed by atoms with E-state index in [1.807, 2.05) is 24.4 Å². The lowest BCUT2D eigenvalue weighted by Gasteiger charge is -2.40. The third-order valence-electron chi connectivity index (χ3n) is 5.60. The van der Waals surface area contributed by atoms with Crippen LogP contribution in [0.15, 0.2) is 54.7 Å². The van der Waals surface area contributed by atoms with E-state index in [1.54, 1.807) is 0 Å². The van der Waals surface area contributed by atoms with Crippen LogP contribution in [-0.4, -0.2) is 23.4 Å². The highest BCUT2D eigenvalue weighted by atomic mass is 16.1. The molecule has 1 aliphatic heterocycles. The van der Waals surface area contributed by atoms with E-state index in [0.717, 1.165) is 18.8 Å². The van der Waals surface area contributed by atoms with Crippen molar-refractivity contribution in [1.82, 2.24) is 4.98 Å². The average molecular weight is 320 g/mol. The fraction of sp³-hybridized carbons (Fsp3) is 0.429. The second-order valence-corrected chi connectivity index (χ2v) is 7.96. The van der Waals surface area contributed by atoms with Crippen molar-refractivity contribution in [2.75, 3.05) is 11.4 Å². The van der Waals surface area contributed by atoms with Crippen molar-refractivity contribution in [2.45, 2.75) is 38.6 Å². The molecule has 2 fully saturated rings. The Morgan fingerprint density at radius 1 is 1.08 bits per heavy atom. The lowest BCUT2D eigenvalue weighted by atomic mass is 9.67. The molecular formula is C21H24N2O. The normalized spacial score (nSPS) is 28.7. The molecule has 0 spiro atoms. The summed E-state index contributed by atoms with van der Waals surface area (Å²) in [5.74, 6) is 1.77. The maximum atomic E-state index is 13.0. The zero-order chi connectivity index (χ0) is 16.7. The van der Waals surface area contributed by atoms with E-state index in [9.17, 15) is 4.79 Å². The second kappa shape index (κ2) is 5.73. The van der Waals surface area contributed by atoms with E-state index >= 15 is 0 Å². The first-order valence-corrected chi connectivity index (χ1v) is 8.80. The fourth-order valence-electron chi connectivity index (χ4n) is 4.63. The van der Waals surface area contributed by atoms with Crippen molar-refractivity contribution in [2.24, 2.45) is 11.3 Å². The Bertz CT molecular complexity index is 726. The molecule has 0 amide bonds. The molecule has 3 atom stereocenters. The van der Waals surface area contributed by atoms with E-state index in [-0.39, 0.29) is 23.3 Å². The van der Waals surface area contributed by atoms with Gasteiger partial charge >= 0.3 is 0 Å². The number of Topliss-reactive ketones (excluding diaryl/α,β-unsaturated/α-hetero) is 1. The summed E-state index contributed by atoms with van der Waals surface area (Å²) in [6.45, 7) is 5.30. The highest BCUT2D eigenvalue weighted by molar-refractivity contribution is 5.86. The number of fused-ring (bicyclic) bond motifs is 1. The highest BCUT2D eigenvalue weighted by Gasteiger charge is 2.52. The van der Waals surface area contributed by atoms with Gasteiger partial charge in [0.2, 0.25) is 0 Å². The third kappa shape index (κ3) is 2.62. The molecule has 0 radical (unpaired) electrons. The summed E-state index contributed by atoms with van der Waals surface area (Å²) in [6, 6.07) is 16.8. The summed E-state index contributed by atoms with van der Waals surface area (Å²) in [5.41, 5.74) is 1.34. The van der Waals surface area contributed by atoms with Gasteiger partial charge in [-0.05, 0) is 29.5 Å². The molecule has 3 nitrogen and oxygen atoms in total. The van der Waals surface area contributed by atoms with Crippen LogP contribution in [0.3, 0.4) is 0 Å². The van der Waals surface area contributed by atoms with Gasteiger partial charge in [-0.1, -0.05) is 50.2 Å². The van der Waals surface area contributed by atoms with Crippen molar-refractivity contribution in [1.29, 1.82) is 0 Å². The maximum Gasteiger partial charge on any atom is 0.139 e. The summed E-state index contributed by atoms with van der Waals surface area (Å²) < 4.78 is 0. The minimum absolute atomic E-state index is 0.0663. The first-order chi connectivity index (χ1) is 11.6. The number of hydrogen-bond donors (Lipinski definition) is 0. The molecule has 2 aliphatic rings. The Balaban J connectivity index is 1.75. The molecule has 0 N–H and O–H groups in total. The predicted molar refractivity (Wildman–Crippen MR) is 96.1 cm³/mol. The smallest absolute Gasteiger partial charge is 0.139 e. The number of nitrogens with zero attached hydrogens (tertiary/aromatic N) is 2. The monoisotopic (exact) mass is 320 g/mol. The van der Waals surface area contributed by atoms with Crippen molar-refractivity contribution >= 4 is 11.6 Å². The Labute approximate surface area is 143 Å². The molecule has 0 bridgehead atoms. The molecule has 24 heavy (non-hydrogen) atoms. The second-order valence-electron chi connectivity index (χ2n) is 7.96. The Kier molecular flexibility index (Phi) is 3.67. The van der Waals surface area contributed by atoms with E-state index in [0.29, 0.717) is 12.2 Å². The quantitative estimate of drug-likeness (QED) is 0.836. The molecule has 3 heteroatoms. The first-order valence-electron chi connectivity index (χ1n) is 8.80. The van der Waals surface area contributed by atoms with Crippen LogP contribution in [0.2, 0.25) is 0 Å². The third-order valence-corrected chi connectivity index (χ3v) is 5.60. The highest BCUT2D eigenvalue weighted by Crippen LogP contribution is 2.49. The van der Waals surface area contributed by atoms with Gasteiger partial charge < -0.3 is 4.90 Å². The van der Waals surface area contributed by atoms with Gasteiger partial charge in [0, 0.05) is 37.0 Å². The minimum atomic E-state index is 0.0663. The molecule has 4 rings (SSSR count). The van der Waals surface area contributed by atoms with Gasteiger partial charge in [-0.2, -0.15) is 0 Å². The summed E-state index contributed by atoms with van der Waals surface area (Å²) in [6.07, 6.45) is 3.58. The van der Waals surface area contributed by atoms with Gasteiger partial charge in [-0.3, -0.25) is 4.79 Å². The summed E-state index contributed by atoms with van der Waals surface area (Å²) in [4.78, 5) is 19.9. The molecule has 2 heterocycles. The van der Waals surface area contributed by atoms with Crippen molar-refractivity contribution in [3.05, 3.63) is 60.3 Å². The maximum absolute atomic E-state index is 13.0. The van der Waals surface area contributed by atoms with E-state index in [2.05, 4.69) is 54.1 Å². The fourth-order valence-corrected chi connectivity index (χ4v) is 4.63. The van der Waals surface area contributed by atoms with Crippen LogP contribution in [-0.2, 0) is 4.79 Å². The van der Waals surface area contributed by atoms with Gasteiger partial charge in [0.05, 0.1) is 0 Å². The lowest BCUT2D eigenvalue weighted by Crippen LogP contribution is -2.45. The minimum Gasteiger partial charge on any atom is -0.352 e. The van der Waals surface area contributed by atoms with E-state index in [1.165, 1.54) is 5.56 Å². The van der Waals surface area contributed by atoms with Crippen LogP contribution >= 0.6 is 0 Å². The summed E-state index contributed by atoms with van der Waals surface area (Å²) in [5, 5.41) is 0. The van der Waals surface area contributed by atoms with Crippen LogP contribution in [0, 0.1) is 11.3 Å². The van der Waals surface area contributed by atoms with Gasteiger partial charge in [-0.15, -0.1) is 0 Å². The Hall–Kier alpha value is -2.16. The molecule has 2 aromatic rings. The van der Waals surface area contributed by atoms with Gasteiger partial charge in [0.15, 0.2) is 0 Å². The van der Waals surface area contributed by atoms with Crippen molar-refractivity contribution in [3.8, 4) is 0 Å². The molecule has 1 aliphatic carbocycles. The topological polar surface area (TPSA) is 33.2 Å². The van der Waals surface area contributed by atoms with Crippen LogP contribution < -0.4 is 4.90 Å². The molecule has 1 aromatic heterocycles. The van der Waals surface area contributed by atoms with Crippen LogP contribution in [0.5, 0.6) is 0 Å². The Morgan fingerprint density at radius 3 is 2.54 bits per heavy atom. The molecule has 1 aromatic carbocycles. The van der Waals surface area contributed by atoms with Gasteiger partial charge in [0.25, 0.3) is 0 Å². The Morgan fingerprint density at radius 2 is 1.83 bits per heavy atom. The van der Waals surface area contributed by atoms with Crippen LogP contribution in [0.1, 0.15) is 38.2 Å². The average Bonchev–Trinajstić information content (AvgIpc) is 2.95. The number of carbonyl (C=O) groups is 1. The van der Waals surface area contributed by atoms with Crippen molar-refractivity contribution < 1.29 is 4.79 Å². The number of anilines is 1.